The Kier molecular flexibility index (Phi) is 4.66. The highest BCUT2D eigenvalue weighted by atomic mass is 16.5. The average molecular weight is 545 g/mol. The van der Waals surface area contributed by atoms with Crippen LogP contribution in [0, 0.1) is 0 Å². The van der Waals surface area contributed by atoms with Crippen molar-refractivity contribution in [2.75, 3.05) is 0 Å². The van der Waals surface area contributed by atoms with E-state index in [1.54, 1.807) is 4.40 Å². The molecule has 0 fully saturated rings. The van der Waals surface area contributed by atoms with Crippen molar-refractivity contribution in [2.24, 2.45) is 0 Å². The van der Waals surface area contributed by atoms with Gasteiger partial charge < -0.3 is 13.9 Å². The minimum atomic E-state index is -0.169. The molecule has 9 rings (SSSR count). The van der Waals surface area contributed by atoms with E-state index >= 15 is 0 Å². The second kappa shape index (κ2) is 8.56. The monoisotopic (exact) mass is 544 g/mol. The van der Waals surface area contributed by atoms with Gasteiger partial charge in [0.2, 0.25) is 0 Å². The summed E-state index contributed by atoms with van der Waals surface area (Å²) in [7, 11) is 0. The number of aromatic nitrogens is 2. The van der Waals surface area contributed by atoms with E-state index in [1.165, 1.54) is 0 Å². The molecule has 0 amide bonds. The first-order valence-electron chi connectivity index (χ1n) is 13.7. The molecular formula is C36H20N2O4. The Bertz CT molecular complexity index is 2530. The van der Waals surface area contributed by atoms with Gasteiger partial charge in [0, 0.05) is 26.9 Å². The first kappa shape index (κ1) is 22.9. The summed E-state index contributed by atoms with van der Waals surface area (Å²) in [6, 6.07) is 38.5. The van der Waals surface area contributed by atoms with Crippen LogP contribution in [0.25, 0.3) is 60.2 Å². The second-order valence-corrected chi connectivity index (χ2v) is 10.3. The zero-order valence-electron chi connectivity index (χ0n) is 22.1. The lowest BCUT2D eigenvalue weighted by atomic mass is 9.95. The van der Waals surface area contributed by atoms with Crippen LogP contribution < -0.4 is 15.0 Å². The van der Waals surface area contributed by atoms with Crippen LogP contribution >= 0.6 is 0 Å². The summed E-state index contributed by atoms with van der Waals surface area (Å²) in [5.41, 5.74) is 3.10. The fraction of sp³-hybridized carbons (Fsp3) is 0. The van der Waals surface area contributed by atoms with Gasteiger partial charge in [0.15, 0.2) is 11.3 Å². The first-order valence-corrected chi connectivity index (χ1v) is 13.7. The number of imidazole rings is 1. The number of hydrogen-bond donors (Lipinski definition) is 0. The predicted octanol–water partition coefficient (Wildman–Crippen LogP) is 9.08. The predicted molar refractivity (Wildman–Crippen MR) is 165 cm³/mol. The van der Waals surface area contributed by atoms with Crippen molar-refractivity contribution in [1.82, 2.24) is 9.38 Å². The van der Waals surface area contributed by atoms with Crippen LogP contribution in [0.3, 0.4) is 0 Å². The van der Waals surface area contributed by atoms with Crippen molar-refractivity contribution in [3.05, 3.63) is 132 Å². The van der Waals surface area contributed by atoms with E-state index in [9.17, 15) is 4.79 Å². The normalized spacial score (nSPS) is 11.9. The highest BCUT2D eigenvalue weighted by Gasteiger charge is 2.26. The smallest absolute Gasteiger partial charge is 0.264 e. The Morgan fingerprint density at radius 3 is 2.02 bits per heavy atom. The van der Waals surface area contributed by atoms with E-state index in [0.29, 0.717) is 45.2 Å². The Morgan fingerprint density at radius 2 is 1.24 bits per heavy atom. The van der Waals surface area contributed by atoms with Gasteiger partial charge in [-0.1, -0.05) is 66.7 Å². The molecule has 6 nitrogen and oxygen atoms in total. The molecule has 0 atom stereocenters. The highest BCUT2D eigenvalue weighted by Crippen LogP contribution is 2.48. The fourth-order valence-corrected chi connectivity index (χ4v) is 6.06. The summed E-state index contributed by atoms with van der Waals surface area (Å²) >= 11 is 0. The third kappa shape index (κ3) is 3.20. The summed E-state index contributed by atoms with van der Waals surface area (Å²) in [5.74, 6) is 2.42. The molecule has 9 aromatic rings. The number of nitrogens with zero attached hydrogens (tertiary/aromatic N) is 2. The molecule has 0 bridgehead atoms. The largest absolute Gasteiger partial charge is 0.457 e. The topological polar surface area (TPSA) is 66.0 Å². The van der Waals surface area contributed by atoms with Crippen molar-refractivity contribution >= 4 is 60.2 Å². The molecule has 3 aromatic heterocycles. The van der Waals surface area contributed by atoms with Crippen LogP contribution in [0.2, 0.25) is 0 Å². The average Bonchev–Trinajstić information content (AvgIpc) is 3.43. The zero-order valence-corrected chi connectivity index (χ0v) is 22.1. The van der Waals surface area contributed by atoms with Crippen LogP contribution in [0.15, 0.2) is 131 Å². The van der Waals surface area contributed by atoms with E-state index in [4.69, 9.17) is 18.9 Å². The summed E-state index contributed by atoms with van der Waals surface area (Å²) in [4.78, 5) is 19.2. The lowest BCUT2D eigenvalue weighted by Gasteiger charge is -2.19. The Hall–Kier alpha value is -5.88. The molecule has 198 valence electrons. The summed E-state index contributed by atoms with van der Waals surface area (Å²) in [6.07, 6.45) is 0. The number of hydrogen-bond acceptors (Lipinski definition) is 5. The summed E-state index contributed by atoms with van der Waals surface area (Å²) < 4.78 is 21.3. The SMILES string of the molecule is O=c1c2cc(Oc3ccccc3)c3c4ccccc4oc4c(Oc5ccccc5)cc(c2c43)c2nc3ccccc3n12. The van der Waals surface area contributed by atoms with Gasteiger partial charge in [0.05, 0.1) is 16.4 Å². The lowest BCUT2D eigenvalue weighted by Crippen LogP contribution is -2.13. The maximum Gasteiger partial charge on any atom is 0.264 e. The number of fused-ring (bicyclic) bond motifs is 6. The van der Waals surface area contributed by atoms with Gasteiger partial charge in [-0.05, 0) is 54.6 Å². The van der Waals surface area contributed by atoms with E-state index in [2.05, 4.69) is 0 Å². The van der Waals surface area contributed by atoms with Gasteiger partial charge in [-0.25, -0.2) is 4.98 Å². The number of para-hydroxylation sites is 5. The van der Waals surface area contributed by atoms with Gasteiger partial charge in [-0.3, -0.25) is 9.20 Å². The molecule has 0 saturated heterocycles. The van der Waals surface area contributed by atoms with Crippen molar-refractivity contribution in [1.29, 1.82) is 0 Å². The molecule has 0 aliphatic rings. The van der Waals surface area contributed by atoms with Crippen molar-refractivity contribution < 1.29 is 13.9 Å². The second-order valence-electron chi connectivity index (χ2n) is 10.3. The van der Waals surface area contributed by atoms with Crippen LogP contribution in [-0.4, -0.2) is 9.38 Å². The summed E-state index contributed by atoms with van der Waals surface area (Å²) in [6.45, 7) is 0. The van der Waals surface area contributed by atoms with E-state index in [0.717, 1.165) is 38.0 Å². The fourth-order valence-electron chi connectivity index (χ4n) is 6.06. The van der Waals surface area contributed by atoms with Crippen molar-refractivity contribution in [2.45, 2.75) is 0 Å². The molecular weight excluding hydrogens is 524 g/mol. The quantitative estimate of drug-likeness (QED) is 0.163. The molecule has 42 heavy (non-hydrogen) atoms. The molecule has 0 saturated carbocycles. The molecule has 0 radical (unpaired) electrons. The summed E-state index contributed by atoms with van der Waals surface area (Å²) in [5, 5.41) is 4.54. The van der Waals surface area contributed by atoms with Crippen LogP contribution in [0.1, 0.15) is 0 Å². The molecule has 3 heterocycles. The maximum absolute atomic E-state index is 14.3. The molecule has 0 N–H and O–H groups in total. The van der Waals surface area contributed by atoms with Crippen LogP contribution in [-0.2, 0) is 0 Å². The van der Waals surface area contributed by atoms with Gasteiger partial charge in [0.25, 0.3) is 5.56 Å². The molecule has 0 aliphatic heterocycles. The standard InChI is InChI=1S/C36H20N2O4/c39-36-25-20-29(40-21-11-3-1-4-12-21)32-23-15-7-10-18-28(23)42-34-30(41-22-13-5-2-6-14-22)19-24(31(25)33(32)34)35-37-26-16-8-9-17-27(26)38(35)36/h1-20H. The van der Waals surface area contributed by atoms with E-state index < -0.39 is 0 Å². The zero-order chi connectivity index (χ0) is 27.8. The number of benzene rings is 6. The maximum atomic E-state index is 14.3. The lowest BCUT2D eigenvalue weighted by molar-refractivity contribution is 0.476. The van der Waals surface area contributed by atoms with Gasteiger partial charge in [0.1, 0.15) is 28.5 Å². The number of ether oxygens (including phenoxy) is 2. The number of rotatable bonds is 4. The first-order chi connectivity index (χ1) is 20.7. The van der Waals surface area contributed by atoms with Gasteiger partial charge in [-0.2, -0.15) is 0 Å². The molecule has 0 spiro atoms. The van der Waals surface area contributed by atoms with E-state index in [-0.39, 0.29) is 5.56 Å². The molecule has 0 aliphatic carbocycles. The Balaban J connectivity index is 1.53. The van der Waals surface area contributed by atoms with Crippen LogP contribution in [0.5, 0.6) is 23.0 Å². The number of pyridine rings is 1. The highest BCUT2D eigenvalue weighted by molar-refractivity contribution is 6.31. The van der Waals surface area contributed by atoms with E-state index in [1.807, 2.05) is 121 Å². The van der Waals surface area contributed by atoms with Crippen molar-refractivity contribution in [3.8, 4) is 23.0 Å². The molecule has 6 aromatic carbocycles. The van der Waals surface area contributed by atoms with Gasteiger partial charge >= 0.3 is 0 Å². The molecule has 0 unspecified atom stereocenters. The third-order valence-electron chi connectivity index (χ3n) is 7.83. The third-order valence-corrected chi connectivity index (χ3v) is 7.83. The minimum Gasteiger partial charge on any atom is -0.457 e. The van der Waals surface area contributed by atoms with Crippen molar-refractivity contribution in [3.63, 3.8) is 0 Å². The Labute approximate surface area is 237 Å². The van der Waals surface area contributed by atoms with Gasteiger partial charge in [-0.15, -0.1) is 0 Å². The Morgan fingerprint density at radius 1 is 0.595 bits per heavy atom. The molecule has 6 heteroatoms. The van der Waals surface area contributed by atoms with Crippen LogP contribution in [0.4, 0.5) is 0 Å². The minimum absolute atomic E-state index is 0.169.